The number of esters is 1. The number of methoxy groups -OCH3 is 1. The summed E-state index contributed by atoms with van der Waals surface area (Å²) < 4.78 is 26.7. The van der Waals surface area contributed by atoms with Gasteiger partial charge in [-0.3, -0.25) is 19.2 Å². The van der Waals surface area contributed by atoms with E-state index in [-0.39, 0.29) is 34.5 Å². The monoisotopic (exact) mass is 519 g/mol. The minimum Gasteiger partial charge on any atom is -0.420 e. The molecule has 4 rings (SSSR count). The summed E-state index contributed by atoms with van der Waals surface area (Å²) in [7, 11) is 3.19. The zero-order chi connectivity index (χ0) is 26.4. The zero-order valence-corrected chi connectivity index (χ0v) is 21.1. The zero-order valence-electron chi connectivity index (χ0n) is 20.4. The highest BCUT2D eigenvalue weighted by Gasteiger charge is 2.52. The highest BCUT2D eigenvalue weighted by Crippen LogP contribution is 2.45. The highest BCUT2D eigenvalue weighted by molar-refractivity contribution is 6.30. The van der Waals surface area contributed by atoms with Crippen LogP contribution in [0.1, 0.15) is 53.1 Å². The van der Waals surface area contributed by atoms with Gasteiger partial charge < -0.3 is 24.3 Å². The number of fused-ring (bicyclic) bond motifs is 2. The average molecular weight is 520 g/mol. The van der Waals surface area contributed by atoms with E-state index in [4.69, 9.17) is 21.1 Å². The second-order valence-corrected chi connectivity index (χ2v) is 9.95. The van der Waals surface area contributed by atoms with Crippen LogP contribution in [0, 0.1) is 11.7 Å². The Labute approximate surface area is 212 Å². The quantitative estimate of drug-likeness (QED) is 0.588. The molecule has 0 atom stereocenters. The summed E-state index contributed by atoms with van der Waals surface area (Å²) in [4.78, 5) is 53.7. The highest BCUT2D eigenvalue weighted by atomic mass is 35.5. The van der Waals surface area contributed by atoms with E-state index in [1.807, 2.05) is 0 Å². The molecule has 0 saturated heterocycles. The SMILES string of the molecule is COC1CC2(C1)CN(C)C(=O)c1c(OC(=O)C(C)C)c(=O)c(C(=O)NCc3cccc(Cl)c3F)cn12. The number of halogens is 2. The van der Waals surface area contributed by atoms with Crippen molar-refractivity contribution < 1.29 is 28.2 Å². The van der Waals surface area contributed by atoms with Crippen molar-refractivity contribution in [2.24, 2.45) is 5.92 Å². The summed E-state index contributed by atoms with van der Waals surface area (Å²) in [6.07, 6.45) is 2.32. The Hall–Kier alpha value is -3.24. The summed E-state index contributed by atoms with van der Waals surface area (Å²) in [6, 6.07) is 4.38. The Kier molecular flexibility index (Phi) is 6.94. The summed E-state index contributed by atoms with van der Waals surface area (Å²) in [6.45, 7) is 3.28. The molecular formula is C25H27ClFN3O6. The summed E-state index contributed by atoms with van der Waals surface area (Å²) >= 11 is 5.81. The predicted molar refractivity (Wildman–Crippen MR) is 129 cm³/mol. The molecule has 9 nitrogen and oxygen atoms in total. The third kappa shape index (κ3) is 4.39. The topological polar surface area (TPSA) is 107 Å². The van der Waals surface area contributed by atoms with Gasteiger partial charge in [-0.1, -0.05) is 37.6 Å². The molecule has 1 saturated carbocycles. The van der Waals surface area contributed by atoms with E-state index in [2.05, 4.69) is 5.32 Å². The van der Waals surface area contributed by atoms with E-state index in [0.29, 0.717) is 19.4 Å². The van der Waals surface area contributed by atoms with Gasteiger partial charge in [-0.2, -0.15) is 0 Å². The number of nitrogens with zero attached hydrogens (tertiary/aromatic N) is 2. The van der Waals surface area contributed by atoms with Crippen molar-refractivity contribution in [3.05, 3.63) is 62.3 Å². The van der Waals surface area contributed by atoms with Crippen LogP contribution in [0.2, 0.25) is 5.02 Å². The van der Waals surface area contributed by atoms with Gasteiger partial charge in [0, 0.05) is 39.0 Å². The van der Waals surface area contributed by atoms with Crippen LogP contribution in [0.15, 0.2) is 29.2 Å². The van der Waals surface area contributed by atoms with Gasteiger partial charge in [0.05, 0.1) is 22.6 Å². The molecule has 1 spiro atoms. The Morgan fingerprint density at radius 2 is 1.97 bits per heavy atom. The number of nitrogens with one attached hydrogen (secondary N) is 1. The van der Waals surface area contributed by atoms with E-state index in [9.17, 15) is 23.6 Å². The van der Waals surface area contributed by atoms with Gasteiger partial charge in [-0.15, -0.1) is 0 Å². The second kappa shape index (κ2) is 9.67. The molecule has 2 heterocycles. The molecule has 1 aromatic carbocycles. The lowest BCUT2D eigenvalue weighted by atomic mass is 9.72. The fourth-order valence-corrected chi connectivity index (χ4v) is 4.84. The molecule has 11 heteroatoms. The normalized spacial score (nSPS) is 20.8. The molecule has 36 heavy (non-hydrogen) atoms. The number of rotatable bonds is 6. The van der Waals surface area contributed by atoms with E-state index >= 15 is 0 Å². The number of hydrogen-bond donors (Lipinski definition) is 1. The molecule has 192 valence electrons. The van der Waals surface area contributed by atoms with Crippen molar-refractivity contribution in [3.63, 3.8) is 0 Å². The van der Waals surface area contributed by atoms with Crippen LogP contribution in [-0.4, -0.2) is 54.1 Å². The molecule has 0 bridgehead atoms. The maximum absolute atomic E-state index is 14.3. The molecule has 1 fully saturated rings. The number of likely N-dealkylation sites (N-methyl/N-ethyl adjacent to an activating group) is 1. The fraction of sp³-hybridized carbons (Fsp3) is 0.440. The minimum absolute atomic E-state index is 0.0661. The summed E-state index contributed by atoms with van der Waals surface area (Å²) in [5.41, 5.74) is -1.82. The van der Waals surface area contributed by atoms with Crippen LogP contribution in [-0.2, 0) is 21.6 Å². The number of amides is 2. The van der Waals surface area contributed by atoms with Crippen LogP contribution in [0.4, 0.5) is 4.39 Å². The first kappa shape index (κ1) is 25.8. The van der Waals surface area contributed by atoms with Gasteiger partial charge in [0.1, 0.15) is 11.4 Å². The van der Waals surface area contributed by atoms with Crippen molar-refractivity contribution in [1.29, 1.82) is 0 Å². The number of carbonyl (C=O) groups excluding carboxylic acids is 3. The van der Waals surface area contributed by atoms with Gasteiger partial charge in [0.15, 0.2) is 5.69 Å². The Balaban J connectivity index is 1.80. The third-order valence-electron chi connectivity index (χ3n) is 6.70. The Morgan fingerprint density at radius 1 is 1.28 bits per heavy atom. The van der Waals surface area contributed by atoms with Crippen LogP contribution in [0.25, 0.3) is 0 Å². The van der Waals surface area contributed by atoms with Crippen molar-refractivity contribution in [2.45, 2.75) is 44.9 Å². The number of pyridine rings is 1. The van der Waals surface area contributed by atoms with Crippen LogP contribution in [0.5, 0.6) is 5.75 Å². The largest absolute Gasteiger partial charge is 0.420 e. The molecule has 2 aliphatic rings. The summed E-state index contributed by atoms with van der Waals surface area (Å²) in [5, 5.41) is 2.43. The van der Waals surface area contributed by atoms with Crippen molar-refractivity contribution in [1.82, 2.24) is 14.8 Å². The van der Waals surface area contributed by atoms with Gasteiger partial charge in [-0.05, 0) is 18.9 Å². The molecule has 1 aliphatic carbocycles. The van der Waals surface area contributed by atoms with Crippen molar-refractivity contribution in [3.8, 4) is 5.75 Å². The van der Waals surface area contributed by atoms with Crippen LogP contribution < -0.4 is 15.5 Å². The van der Waals surface area contributed by atoms with Gasteiger partial charge in [-0.25, -0.2) is 4.39 Å². The molecule has 2 aromatic rings. The first-order chi connectivity index (χ1) is 17.0. The number of aromatic nitrogens is 1. The lowest BCUT2D eigenvalue weighted by Gasteiger charge is -2.53. The lowest BCUT2D eigenvalue weighted by Crippen LogP contribution is -2.61. The first-order valence-electron chi connectivity index (χ1n) is 11.5. The smallest absolute Gasteiger partial charge is 0.313 e. The lowest BCUT2D eigenvalue weighted by molar-refractivity contribution is -0.138. The second-order valence-electron chi connectivity index (χ2n) is 9.54. The standard InChI is InChI=1S/C25H27ClFN3O6/c1-13(2)24(34)36-21-19-23(33)29(3)12-25(8-15(9-25)35-4)30(19)11-16(20(21)31)22(32)28-10-14-6-5-7-17(26)18(14)27/h5-7,11,13,15H,8-10,12H2,1-4H3,(H,28,32). The maximum Gasteiger partial charge on any atom is 0.313 e. The van der Waals surface area contributed by atoms with Crippen molar-refractivity contribution in [2.75, 3.05) is 20.7 Å². The van der Waals surface area contributed by atoms with Gasteiger partial charge >= 0.3 is 5.97 Å². The van der Waals surface area contributed by atoms with E-state index in [0.717, 1.165) is 0 Å². The summed E-state index contributed by atoms with van der Waals surface area (Å²) in [5.74, 6) is -3.78. The number of benzene rings is 1. The average Bonchev–Trinajstić information content (AvgIpc) is 2.81. The minimum atomic E-state index is -0.902. The molecule has 2 amide bonds. The molecule has 1 N–H and O–H groups in total. The predicted octanol–water partition coefficient (Wildman–Crippen LogP) is 2.72. The molecule has 1 aliphatic heterocycles. The maximum atomic E-state index is 14.3. The number of hydrogen-bond acceptors (Lipinski definition) is 6. The van der Waals surface area contributed by atoms with Crippen molar-refractivity contribution >= 4 is 29.4 Å². The number of carbonyl (C=O) groups is 3. The first-order valence-corrected chi connectivity index (χ1v) is 11.9. The Morgan fingerprint density at radius 3 is 2.61 bits per heavy atom. The van der Waals surface area contributed by atoms with Gasteiger partial charge in [0.25, 0.3) is 11.8 Å². The third-order valence-corrected chi connectivity index (χ3v) is 6.99. The van der Waals surface area contributed by atoms with Crippen LogP contribution in [0.3, 0.4) is 0 Å². The van der Waals surface area contributed by atoms with Crippen LogP contribution >= 0.6 is 11.6 Å². The Bertz CT molecular complexity index is 1300. The van der Waals surface area contributed by atoms with Gasteiger partial charge in [0.2, 0.25) is 11.2 Å². The van der Waals surface area contributed by atoms with E-state index in [1.165, 1.54) is 23.2 Å². The molecular weight excluding hydrogens is 493 g/mol. The molecule has 0 radical (unpaired) electrons. The van der Waals surface area contributed by atoms with E-state index in [1.54, 1.807) is 38.6 Å². The number of ether oxygens (including phenoxy) is 2. The van der Waals surface area contributed by atoms with E-state index < -0.39 is 46.2 Å². The molecule has 0 unspecified atom stereocenters. The molecule has 1 aromatic heterocycles. The fourth-order valence-electron chi connectivity index (χ4n) is 4.65.